The minimum Gasteiger partial charge on any atom is -0.333 e. The van der Waals surface area contributed by atoms with Gasteiger partial charge in [0, 0.05) is 18.9 Å². The van der Waals surface area contributed by atoms with Crippen LogP contribution < -0.4 is 0 Å². The van der Waals surface area contributed by atoms with Crippen LogP contribution in [0.4, 0.5) is 0 Å². The van der Waals surface area contributed by atoms with Crippen LogP contribution in [0.1, 0.15) is 30.4 Å². The number of hydrogen-bond donors (Lipinski definition) is 0. The number of pyridine rings is 1. The number of amides is 1. The molecule has 3 rings (SSSR count). The lowest BCUT2D eigenvalue weighted by Crippen LogP contribution is -2.37. The largest absolute Gasteiger partial charge is 0.333 e. The molecule has 23 heavy (non-hydrogen) atoms. The van der Waals surface area contributed by atoms with Gasteiger partial charge in [-0.1, -0.05) is 6.07 Å². The van der Waals surface area contributed by atoms with Crippen LogP contribution in [0.5, 0.6) is 0 Å². The fraction of sp³-hybridized carbons (Fsp3) is 0.471. The van der Waals surface area contributed by atoms with Crippen molar-refractivity contribution in [2.75, 3.05) is 27.2 Å². The molecule has 2 aromatic heterocycles. The fourth-order valence-electron chi connectivity index (χ4n) is 3.11. The first-order chi connectivity index (χ1) is 11.1. The van der Waals surface area contributed by atoms with Gasteiger partial charge in [0.25, 0.3) is 0 Å². The molecule has 0 unspecified atom stereocenters. The maximum absolute atomic E-state index is 12.4. The van der Waals surface area contributed by atoms with Crippen molar-refractivity contribution in [1.82, 2.24) is 24.3 Å². The maximum Gasteiger partial charge on any atom is 0.237 e. The smallest absolute Gasteiger partial charge is 0.237 e. The molecule has 6 heteroatoms. The van der Waals surface area contributed by atoms with E-state index < -0.39 is 0 Å². The quantitative estimate of drug-likeness (QED) is 0.864. The molecule has 0 bridgehead atoms. The predicted molar refractivity (Wildman–Crippen MR) is 88.3 cm³/mol. The molecule has 0 aromatic carbocycles. The van der Waals surface area contributed by atoms with Crippen LogP contribution in [0.15, 0.2) is 30.6 Å². The van der Waals surface area contributed by atoms with Gasteiger partial charge in [0.1, 0.15) is 11.6 Å². The Morgan fingerprint density at radius 3 is 2.91 bits per heavy atom. The van der Waals surface area contributed by atoms with Crippen LogP contribution in [0.2, 0.25) is 0 Å². The Morgan fingerprint density at radius 1 is 1.39 bits per heavy atom. The van der Waals surface area contributed by atoms with E-state index in [-0.39, 0.29) is 11.9 Å². The Hall–Kier alpha value is -2.21. The number of hydrogen-bond acceptors (Lipinski definition) is 4. The predicted octanol–water partition coefficient (Wildman–Crippen LogP) is 1.80. The Bertz CT molecular complexity index is 694. The van der Waals surface area contributed by atoms with Gasteiger partial charge in [-0.05, 0) is 46.0 Å². The number of aryl methyl sites for hydroxylation is 1. The number of carbonyl (C=O) groups is 1. The van der Waals surface area contributed by atoms with Gasteiger partial charge < -0.3 is 9.80 Å². The van der Waals surface area contributed by atoms with Gasteiger partial charge in [0.05, 0.1) is 18.3 Å². The van der Waals surface area contributed by atoms with Crippen molar-refractivity contribution in [2.24, 2.45) is 0 Å². The number of rotatable bonds is 4. The number of nitrogens with zero attached hydrogens (tertiary/aromatic N) is 5. The monoisotopic (exact) mass is 313 g/mol. The summed E-state index contributed by atoms with van der Waals surface area (Å²) in [5, 5.41) is 0. The minimum atomic E-state index is 0.0752. The third-order valence-electron chi connectivity index (χ3n) is 4.19. The Labute approximate surface area is 136 Å². The summed E-state index contributed by atoms with van der Waals surface area (Å²) in [5.41, 5.74) is 0.959. The van der Waals surface area contributed by atoms with E-state index in [4.69, 9.17) is 4.98 Å². The molecule has 1 amide bonds. The maximum atomic E-state index is 12.4. The summed E-state index contributed by atoms with van der Waals surface area (Å²) in [6.07, 6.45) is 5.68. The summed E-state index contributed by atoms with van der Waals surface area (Å²) in [7, 11) is 3.84. The van der Waals surface area contributed by atoms with Crippen molar-refractivity contribution in [2.45, 2.75) is 25.8 Å². The van der Waals surface area contributed by atoms with Gasteiger partial charge in [-0.15, -0.1) is 0 Å². The number of aromatic nitrogens is 3. The highest BCUT2D eigenvalue weighted by atomic mass is 16.2. The van der Waals surface area contributed by atoms with Crippen molar-refractivity contribution >= 4 is 5.91 Å². The molecule has 0 radical (unpaired) electrons. The third kappa shape index (κ3) is 3.27. The summed E-state index contributed by atoms with van der Waals surface area (Å²) >= 11 is 0. The first-order valence-electron chi connectivity index (χ1n) is 7.98. The molecule has 1 atom stereocenters. The van der Waals surface area contributed by atoms with E-state index >= 15 is 0 Å². The molecule has 0 spiro atoms. The lowest BCUT2D eigenvalue weighted by molar-refractivity contribution is -0.132. The Kier molecular flexibility index (Phi) is 4.43. The van der Waals surface area contributed by atoms with Crippen LogP contribution in [0, 0.1) is 6.92 Å². The standard InChI is InChI=1S/C17H23N5O/c1-13-18-9-11-21(13)16-8-4-6-14(19-16)15-7-5-10-22(15)17(23)12-20(2)3/h4,6,8-9,11,15H,5,7,10,12H2,1-3H3/t15-/m1/s1. The molecule has 2 aromatic rings. The number of imidazole rings is 1. The summed E-state index contributed by atoms with van der Waals surface area (Å²) in [6, 6.07) is 6.07. The minimum absolute atomic E-state index is 0.0752. The topological polar surface area (TPSA) is 54.3 Å². The van der Waals surface area contributed by atoms with Gasteiger partial charge in [0.2, 0.25) is 5.91 Å². The summed E-state index contributed by atoms with van der Waals surface area (Å²) in [6.45, 7) is 3.21. The zero-order valence-corrected chi connectivity index (χ0v) is 13.9. The van der Waals surface area contributed by atoms with Crippen molar-refractivity contribution < 1.29 is 4.79 Å². The van der Waals surface area contributed by atoms with Crippen LogP contribution in [0.3, 0.4) is 0 Å². The van der Waals surface area contributed by atoms with Gasteiger partial charge in [-0.2, -0.15) is 0 Å². The summed E-state index contributed by atoms with van der Waals surface area (Å²) < 4.78 is 1.96. The van der Waals surface area contributed by atoms with Crippen molar-refractivity contribution in [3.05, 3.63) is 42.1 Å². The van der Waals surface area contributed by atoms with Gasteiger partial charge in [-0.25, -0.2) is 9.97 Å². The first-order valence-corrected chi connectivity index (χ1v) is 7.98. The molecule has 3 heterocycles. The average Bonchev–Trinajstić information content (AvgIpc) is 3.15. The van der Waals surface area contributed by atoms with E-state index in [9.17, 15) is 4.79 Å². The van der Waals surface area contributed by atoms with Gasteiger partial charge in [0.15, 0.2) is 0 Å². The molecule has 0 aliphatic carbocycles. The first kappa shape index (κ1) is 15.7. The molecule has 122 valence electrons. The zero-order chi connectivity index (χ0) is 16.4. The molecule has 0 saturated carbocycles. The molecule has 1 saturated heterocycles. The second kappa shape index (κ2) is 6.50. The molecule has 1 aliphatic heterocycles. The summed E-state index contributed by atoms with van der Waals surface area (Å²) in [4.78, 5) is 25.4. The van der Waals surface area contributed by atoms with E-state index in [1.54, 1.807) is 6.20 Å². The third-order valence-corrected chi connectivity index (χ3v) is 4.19. The molecule has 1 fully saturated rings. The highest BCUT2D eigenvalue weighted by Gasteiger charge is 2.31. The molecule has 6 nitrogen and oxygen atoms in total. The second-order valence-electron chi connectivity index (χ2n) is 6.25. The molecule has 1 aliphatic rings. The Morgan fingerprint density at radius 2 is 2.22 bits per heavy atom. The highest BCUT2D eigenvalue weighted by molar-refractivity contribution is 5.79. The van der Waals surface area contributed by atoms with Crippen LogP contribution in [-0.4, -0.2) is 57.4 Å². The highest BCUT2D eigenvalue weighted by Crippen LogP contribution is 2.31. The van der Waals surface area contributed by atoms with Crippen molar-refractivity contribution in [3.63, 3.8) is 0 Å². The molecule has 0 N–H and O–H groups in total. The number of carbonyl (C=O) groups excluding carboxylic acids is 1. The normalized spacial score (nSPS) is 17.9. The van der Waals surface area contributed by atoms with E-state index in [1.165, 1.54) is 0 Å². The number of likely N-dealkylation sites (tertiary alicyclic amines) is 1. The van der Waals surface area contributed by atoms with E-state index in [0.29, 0.717) is 6.54 Å². The SMILES string of the molecule is Cc1nccn1-c1cccc([C@H]2CCCN2C(=O)CN(C)C)n1. The zero-order valence-electron chi connectivity index (χ0n) is 13.9. The van der Waals surface area contributed by atoms with E-state index in [1.807, 2.05) is 59.8 Å². The van der Waals surface area contributed by atoms with Gasteiger partial charge >= 0.3 is 0 Å². The summed E-state index contributed by atoms with van der Waals surface area (Å²) in [5.74, 6) is 1.93. The van der Waals surface area contributed by atoms with Crippen LogP contribution in [-0.2, 0) is 4.79 Å². The number of likely N-dealkylation sites (N-methyl/N-ethyl adjacent to an activating group) is 1. The lowest BCUT2D eigenvalue weighted by Gasteiger charge is -2.26. The van der Waals surface area contributed by atoms with Crippen molar-refractivity contribution in [3.8, 4) is 5.82 Å². The lowest BCUT2D eigenvalue weighted by atomic mass is 10.1. The van der Waals surface area contributed by atoms with Crippen LogP contribution >= 0.6 is 0 Å². The van der Waals surface area contributed by atoms with Crippen molar-refractivity contribution in [1.29, 1.82) is 0 Å². The van der Waals surface area contributed by atoms with E-state index in [0.717, 1.165) is 36.7 Å². The van der Waals surface area contributed by atoms with Crippen LogP contribution in [0.25, 0.3) is 5.82 Å². The Balaban J connectivity index is 1.86. The second-order valence-corrected chi connectivity index (χ2v) is 6.25. The fourth-order valence-corrected chi connectivity index (χ4v) is 3.11. The average molecular weight is 313 g/mol. The molecular weight excluding hydrogens is 290 g/mol. The van der Waals surface area contributed by atoms with E-state index in [2.05, 4.69) is 4.98 Å². The molecular formula is C17H23N5O. The van der Waals surface area contributed by atoms with Gasteiger partial charge in [-0.3, -0.25) is 9.36 Å².